The zero-order chi connectivity index (χ0) is 11.1. The topological polar surface area (TPSA) is 39.4 Å². The summed E-state index contributed by atoms with van der Waals surface area (Å²) >= 11 is 0. The number of hydrogen-bond acceptors (Lipinski definition) is 3. The average Bonchev–Trinajstić information content (AvgIpc) is 2.78. The van der Waals surface area contributed by atoms with E-state index in [1.165, 1.54) is 0 Å². The fraction of sp³-hybridized carbons (Fsp3) is 0.167. The Morgan fingerprint density at radius 1 is 1.25 bits per heavy atom. The fourth-order valence-corrected chi connectivity index (χ4v) is 1.92. The van der Waals surface area contributed by atoms with E-state index in [1.54, 1.807) is 13.4 Å². The molecule has 0 bridgehead atoms. The van der Waals surface area contributed by atoms with E-state index in [0.717, 1.165) is 28.0 Å². The molecule has 0 aliphatic rings. The third-order valence-electron chi connectivity index (χ3n) is 2.74. The Bertz CT molecular complexity index is 672. The van der Waals surface area contributed by atoms with Gasteiger partial charge >= 0.3 is 0 Å². The minimum absolute atomic E-state index is 0.818. The first-order chi connectivity index (χ1) is 7.79. The van der Waals surface area contributed by atoms with Gasteiger partial charge in [0.05, 0.1) is 41.9 Å². The first-order valence-corrected chi connectivity index (χ1v) is 5.06. The number of aromatic nitrogens is 3. The summed E-state index contributed by atoms with van der Waals surface area (Å²) in [5.41, 5.74) is 3.97. The fourth-order valence-electron chi connectivity index (χ4n) is 1.92. The van der Waals surface area contributed by atoms with Crippen molar-refractivity contribution in [1.82, 2.24) is 14.4 Å². The molecule has 0 amide bonds. The lowest BCUT2D eigenvalue weighted by molar-refractivity contribution is 0.415. The van der Waals surface area contributed by atoms with E-state index in [-0.39, 0.29) is 0 Å². The number of aryl methyl sites for hydroxylation is 1. The predicted octanol–water partition coefficient (Wildman–Crippen LogP) is 2.20. The van der Waals surface area contributed by atoms with Gasteiger partial charge in [-0.3, -0.25) is 4.40 Å². The third kappa shape index (κ3) is 1.16. The van der Waals surface area contributed by atoms with Crippen LogP contribution >= 0.6 is 0 Å². The maximum Gasteiger partial charge on any atom is 0.121 e. The summed E-state index contributed by atoms with van der Waals surface area (Å²) in [6.45, 7) is 1.98. The Labute approximate surface area is 92.5 Å². The van der Waals surface area contributed by atoms with Gasteiger partial charge in [0.25, 0.3) is 0 Å². The van der Waals surface area contributed by atoms with Gasteiger partial charge in [-0.25, -0.2) is 9.97 Å². The molecule has 0 atom stereocenters. The summed E-state index contributed by atoms with van der Waals surface area (Å²) in [5, 5.41) is 0. The molecule has 16 heavy (non-hydrogen) atoms. The number of nitrogens with zero attached hydrogens (tertiary/aromatic N) is 3. The molecule has 0 fully saturated rings. The maximum atomic E-state index is 5.19. The van der Waals surface area contributed by atoms with Crippen LogP contribution in [0.2, 0.25) is 0 Å². The van der Waals surface area contributed by atoms with Gasteiger partial charge in [-0.05, 0) is 19.1 Å². The van der Waals surface area contributed by atoms with Crippen LogP contribution in [0.3, 0.4) is 0 Å². The number of fused-ring (bicyclic) bond motifs is 3. The number of ether oxygens (including phenoxy) is 1. The van der Waals surface area contributed by atoms with Gasteiger partial charge in [-0.2, -0.15) is 0 Å². The molecule has 2 aromatic heterocycles. The Kier molecular flexibility index (Phi) is 1.83. The van der Waals surface area contributed by atoms with Gasteiger partial charge in [-0.15, -0.1) is 0 Å². The van der Waals surface area contributed by atoms with Crippen molar-refractivity contribution in [2.24, 2.45) is 0 Å². The minimum atomic E-state index is 0.818. The summed E-state index contributed by atoms with van der Waals surface area (Å²) in [6.07, 6.45) is 3.63. The van der Waals surface area contributed by atoms with Crippen LogP contribution in [0.25, 0.3) is 16.6 Å². The molecule has 80 valence electrons. The van der Waals surface area contributed by atoms with Crippen LogP contribution < -0.4 is 4.74 Å². The molecule has 0 unspecified atom stereocenters. The molecule has 0 radical (unpaired) electrons. The first kappa shape index (κ1) is 9.15. The highest BCUT2D eigenvalue weighted by Crippen LogP contribution is 2.21. The van der Waals surface area contributed by atoms with E-state index in [2.05, 4.69) is 9.97 Å². The second kappa shape index (κ2) is 3.20. The summed E-state index contributed by atoms with van der Waals surface area (Å²) in [6, 6.07) is 5.86. The maximum absolute atomic E-state index is 5.19. The van der Waals surface area contributed by atoms with Crippen LogP contribution in [0.4, 0.5) is 0 Å². The number of hydrogen-bond donors (Lipinski definition) is 0. The molecule has 0 saturated carbocycles. The van der Waals surface area contributed by atoms with E-state index in [0.29, 0.717) is 0 Å². The van der Waals surface area contributed by atoms with Crippen LogP contribution in [0.5, 0.6) is 5.75 Å². The number of methoxy groups -OCH3 is 1. The molecule has 0 N–H and O–H groups in total. The molecule has 4 heteroatoms. The van der Waals surface area contributed by atoms with Crippen molar-refractivity contribution in [1.29, 1.82) is 0 Å². The highest BCUT2D eigenvalue weighted by atomic mass is 16.5. The minimum Gasteiger partial charge on any atom is -0.497 e. The van der Waals surface area contributed by atoms with E-state index in [9.17, 15) is 0 Å². The van der Waals surface area contributed by atoms with E-state index < -0.39 is 0 Å². The van der Waals surface area contributed by atoms with Crippen LogP contribution in [0.15, 0.2) is 30.7 Å². The number of benzene rings is 1. The lowest BCUT2D eigenvalue weighted by Crippen LogP contribution is -1.94. The van der Waals surface area contributed by atoms with E-state index in [4.69, 9.17) is 4.74 Å². The van der Waals surface area contributed by atoms with Crippen LogP contribution in [0.1, 0.15) is 5.69 Å². The highest BCUT2D eigenvalue weighted by Gasteiger charge is 2.05. The Hall–Kier alpha value is -2.10. The second-order valence-electron chi connectivity index (χ2n) is 3.70. The van der Waals surface area contributed by atoms with Gasteiger partial charge in [-0.1, -0.05) is 0 Å². The quantitative estimate of drug-likeness (QED) is 0.622. The normalized spacial score (nSPS) is 11.1. The summed E-state index contributed by atoms with van der Waals surface area (Å²) < 4.78 is 7.23. The molecule has 0 saturated heterocycles. The smallest absolute Gasteiger partial charge is 0.121 e. The summed E-state index contributed by atoms with van der Waals surface area (Å²) in [5.74, 6) is 0.818. The van der Waals surface area contributed by atoms with Crippen molar-refractivity contribution in [3.63, 3.8) is 0 Å². The SMILES string of the molecule is COc1ccc2c(c1)nc(C)c1cncn12. The Morgan fingerprint density at radius 2 is 2.12 bits per heavy atom. The van der Waals surface area contributed by atoms with Gasteiger partial charge in [0.1, 0.15) is 5.75 Å². The van der Waals surface area contributed by atoms with Gasteiger partial charge < -0.3 is 4.74 Å². The molecular formula is C12H11N3O. The standard InChI is InChI=1S/C12H11N3O/c1-8-12-6-13-7-15(12)11-4-3-9(16-2)5-10(11)14-8/h3-7H,1-2H3. The zero-order valence-corrected chi connectivity index (χ0v) is 9.14. The number of rotatable bonds is 1. The van der Waals surface area contributed by atoms with Crippen molar-refractivity contribution in [3.8, 4) is 5.75 Å². The lowest BCUT2D eigenvalue weighted by Gasteiger charge is -2.06. The molecule has 0 aliphatic carbocycles. The molecule has 4 nitrogen and oxygen atoms in total. The number of imidazole rings is 1. The first-order valence-electron chi connectivity index (χ1n) is 5.06. The summed E-state index contributed by atoms with van der Waals surface area (Å²) in [4.78, 5) is 8.69. The summed E-state index contributed by atoms with van der Waals surface area (Å²) in [7, 11) is 1.66. The Morgan fingerprint density at radius 3 is 2.94 bits per heavy atom. The highest BCUT2D eigenvalue weighted by molar-refractivity contribution is 5.80. The van der Waals surface area contributed by atoms with E-state index in [1.807, 2.05) is 35.7 Å². The second-order valence-corrected chi connectivity index (χ2v) is 3.70. The Balaban J connectivity index is 2.48. The van der Waals surface area contributed by atoms with Crippen LogP contribution in [-0.2, 0) is 0 Å². The van der Waals surface area contributed by atoms with Crippen LogP contribution in [0, 0.1) is 6.92 Å². The van der Waals surface area contributed by atoms with Crippen molar-refractivity contribution in [2.45, 2.75) is 6.92 Å². The van der Waals surface area contributed by atoms with Crippen molar-refractivity contribution in [3.05, 3.63) is 36.4 Å². The molecule has 1 aromatic carbocycles. The average molecular weight is 213 g/mol. The van der Waals surface area contributed by atoms with Gasteiger partial charge in [0, 0.05) is 6.07 Å². The molecule has 3 aromatic rings. The van der Waals surface area contributed by atoms with Crippen molar-refractivity contribution in [2.75, 3.05) is 7.11 Å². The molecular weight excluding hydrogens is 202 g/mol. The van der Waals surface area contributed by atoms with Crippen molar-refractivity contribution < 1.29 is 4.74 Å². The third-order valence-corrected chi connectivity index (χ3v) is 2.74. The molecule has 0 aliphatic heterocycles. The molecule has 2 heterocycles. The van der Waals surface area contributed by atoms with Gasteiger partial charge in [0.2, 0.25) is 0 Å². The van der Waals surface area contributed by atoms with Gasteiger partial charge in [0.15, 0.2) is 0 Å². The molecule has 3 rings (SSSR count). The monoisotopic (exact) mass is 213 g/mol. The molecule has 0 spiro atoms. The van der Waals surface area contributed by atoms with Crippen LogP contribution in [-0.4, -0.2) is 21.5 Å². The van der Waals surface area contributed by atoms with Crippen molar-refractivity contribution >= 4 is 16.6 Å². The lowest BCUT2D eigenvalue weighted by atomic mass is 10.2. The van der Waals surface area contributed by atoms with E-state index >= 15 is 0 Å². The predicted molar refractivity (Wildman–Crippen MR) is 61.8 cm³/mol. The largest absolute Gasteiger partial charge is 0.497 e. The zero-order valence-electron chi connectivity index (χ0n) is 9.14.